The Bertz CT molecular complexity index is 775. The molecule has 4 nitrogen and oxygen atoms in total. The molecule has 1 aliphatic rings. The van der Waals surface area contributed by atoms with Gasteiger partial charge < -0.3 is 14.4 Å². The van der Waals surface area contributed by atoms with Crippen LogP contribution in [0.3, 0.4) is 0 Å². The van der Waals surface area contributed by atoms with Crippen LogP contribution in [-0.2, 0) is 11.3 Å². The van der Waals surface area contributed by atoms with E-state index in [0.29, 0.717) is 17.9 Å². The number of hydrogen-bond donors (Lipinski definition) is 0. The van der Waals surface area contributed by atoms with E-state index in [1.165, 1.54) is 17.0 Å². The van der Waals surface area contributed by atoms with Crippen LogP contribution in [-0.4, -0.2) is 37.2 Å². The van der Waals surface area contributed by atoms with Gasteiger partial charge >= 0.3 is 0 Å². The third-order valence-corrected chi connectivity index (χ3v) is 4.31. The Balaban J connectivity index is 1.63. The molecular formula is C20H21F2NO3. The minimum Gasteiger partial charge on any atom is -0.491 e. The number of nitrogens with zero attached hydrogens (tertiary/aromatic N) is 1. The molecule has 1 saturated heterocycles. The molecule has 26 heavy (non-hydrogen) atoms. The number of amides is 1. The Morgan fingerprint density at radius 3 is 2.85 bits per heavy atom. The van der Waals surface area contributed by atoms with Crippen LogP contribution in [0.4, 0.5) is 8.78 Å². The van der Waals surface area contributed by atoms with E-state index in [2.05, 4.69) is 0 Å². The largest absolute Gasteiger partial charge is 0.491 e. The molecule has 138 valence electrons. The first kappa shape index (κ1) is 18.3. The third-order valence-electron chi connectivity index (χ3n) is 4.31. The van der Waals surface area contributed by atoms with E-state index in [1.807, 2.05) is 0 Å². The molecule has 3 rings (SSSR count). The van der Waals surface area contributed by atoms with Crippen molar-refractivity contribution in [3.63, 3.8) is 0 Å². The lowest BCUT2D eigenvalue weighted by molar-refractivity contribution is 0.0678. The standard InChI is InChI=1S/C20H21F2NO3/c1-23(12-15-7-8-16(21)11-19(15)22)20(24)14-4-2-5-17(10-14)26-13-18-6-3-9-25-18/h2,4-5,7-8,10-11,18H,3,6,9,12-13H2,1H3. The predicted octanol–water partition coefficient (Wildman–Crippen LogP) is 3.79. The van der Waals surface area contributed by atoms with Gasteiger partial charge in [-0.25, -0.2) is 8.78 Å². The Kier molecular flexibility index (Phi) is 5.83. The summed E-state index contributed by atoms with van der Waals surface area (Å²) in [5.74, 6) is -0.987. The van der Waals surface area contributed by atoms with Gasteiger partial charge in [-0.15, -0.1) is 0 Å². The first-order valence-electron chi connectivity index (χ1n) is 8.57. The molecule has 1 aliphatic heterocycles. The van der Waals surface area contributed by atoms with E-state index in [9.17, 15) is 13.6 Å². The minimum absolute atomic E-state index is 0.0476. The van der Waals surface area contributed by atoms with Gasteiger partial charge in [-0.3, -0.25) is 4.79 Å². The fourth-order valence-electron chi connectivity index (χ4n) is 2.88. The highest BCUT2D eigenvalue weighted by Crippen LogP contribution is 2.19. The summed E-state index contributed by atoms with van der Waals surface area (Å²) >= 11 is 0. The van der Waals surface area contributed by atoms with Crippen molar-refractivity contribution in [3.05, 3.63) is 65.2 Å². The molecule has 0 aromatic heterocycles. The first-order valence-corrected chi connectivity index (χ1v) is 8.57. The average Bonchev–Trinajstić information content (AvgIpc) is 3.15. The maximum atomic E-state index is 13.8. The zero-order valence-electron chi connectivity index (χ0n) is 14.6. The second kappa shape index (κ2) is 8.27. The number of benzene rings is 2. The van der Waals surface area contributed by atoms with Crippen molar-refractivity contribution in [2.24, 2.45) is 0 Å². The molecule has 1 heterocycles. The summed E-state index contributed by atoms with van der Waals surface area (Å²) in [7, 11) is 1.57. The maximum absolute atomic E-state index is 13.8. The number of carbonyl (C=O) groups is 1. The maximum Gasteiger partial charge on any atom is 0.254 e. The van der Waals surface area contributed by atoms with Crippen molar-refractivity contribution >= 4 is 5.91 Å². The van der Waals surface area contributed by atoms with E-state index >= 15 is 0 Å². The van der Waals surface area contributed by atoms with Gasteiger partial charge in [0.1, 0.15) is 24.0 Å². The van der Waals surface area contributed by atoms with Crippen LogP contribution in [0.25, 0.3) is 0 Å². The SMILES string of the molecule is CN(Cc1ccc(F)cc1F)C(=O)c1cccc(OCC2CCCO2)c1. The van der Waals surface area contributed by atoms with Crippen molar-refractivity contribution in [1.82, 2.24) is 4.90 Å². The van der Waals surface area contributed by atoms with Crippen molar-refractivity contribution in [2.45, 2.75) is 25.5 Å². The summed E-state index contributed by atoms with van der Waals surface area (Å²) < 4.78 is 38.0. The van der Waals surface area contributed by atoms with Gasteiger partial charge in [0.05, 0.1) is 6.10 Å². The lowest BCUT2D eigenvalue weighted by Crippen LogP contribution is -2.26. The number of carbonyl (C=O) groups excluding carboxylic acids is 1. The number of hydrogen-bond acceptors (Lipinski definition) is 3. The first-order chi connectivity index (χ1) is 12.5. The van der Waals surface area contributed by atoms with Gasteiger partial charge in [-0.2, -0.15) is 0 Å². The normalized spacial score (nSPS) is 16.5. The fraction of sp³-hybridized carbons (Fsp3) is 0.350. The van der Waals surface area contributed by atoms with Crippen LogP contribution >= 0.6 is 0 Å². The molecular weight excluding hydrogens is 340 g/mol. The Morgan fingerprint density at radius 1 is 1.27 bits per heavy atom. The van der Waals surface area contributed by atoms with Gasteiger partial charge in [-0.05, 0) is 37.1 Å². The lowest BCUT2D eigenvalue weighted by Gasteiger charge is -2.18. The van der Waals surface area contributed by atoms with Crippen LogP contribution in [0.1, 0.15) is 28.8 Å². The van der Waals surface area contributed by atoms with Crippen LogP contribution < -0.4 is 4.74 Å². The quantitative estimate of drug-likeness (QED) is 0.786. The molecule has 2 aromatic carbocycles. The van der Waals surface area contributed by atoms with E-state index in [4.69, 9.17) is 9.47 Å². The predicted molar refractivity (Wildman–Crippen MR) is 93.1 cm³/mol. The topological polar surface area (TPSA) is 38.8 Å². The zero-order chi connectivity index (χ0) is 18.5. The highest BCUT2D eigenvalue weighted by Gasteiger charge is 2.17. The molecule has 1 unspecified atom stereocenters. The van der Waals surface area contributed by atoms with Gasteiger partial charge in [-0.1, -0.05) is 12.1 Å². The Hall–Kier alpha value is -2.47. The van der Waals surface area contributed by atoms with Gasteiger partial charge in [0.25, 0.3) is 5.91 Å². The second-order valence-corrected chi connectivity index (χ2v) is 6.37. The Labute approximate surface area is 151 Å². The minimum atomic E-state index is -0.668. The third kappa shape index (κ3) is 4.58. The lowest BCUT2D eigenvalue weighted by atomic mass is 10.1. The average molecular weight is 361 g/mol. The number of ether oxygens (including phenoxy) is 2. The monoisotopic (exact) mass is 361 g/mol. The molecule has 1 fully saturated rings. The van der Waals surface area contributed by atoms with Crippen LogP contribution in [0.2, 0.25) is 0 Å². The van der Waals surface area contributed by atoms with Crippen LogP contribution in [0.5, 0.6) is 5.75 Å². The highest BCUT2D eigenvalue weighted by molar-refractivity contribution is 5.94. The Morgan fingerprint density at radius 2 is 2.12 bits per heavy atom. The number of halogens is 2. The molecule has 0 radical (unpaired) electrons. The molecule has 0 spiro atoms. The molecule has 1 atom stereocenters. The van der Waals surface area contributed by atoms with Gasteiger partial charge in [0.2, 0.25) is 0 Å². The van der Waals surface area contributed by atoms with E-state index in [-0.39, 0.29) is 24.1 Å². The van der Waals surface area contributed by atoms with Gasteiger partial charge in [0, 0.05) is 37.4 Å². The van der Waals surface area contributed by atoms with Crippen LogP contribution in [0.15, 0.2) is 42.5 Å². The molecule has 2 aromatic rings. The van der Waals surface area contributed by atoms with E-state index in [1.54, 1.807) is 31.3 Å². The van der Waals surface area contributed by atoms with Crippen molar-refractivity contribution in [2.75, 3.05) is 20.3 Å². The molecule has 0 bridgehead atoms. The smallest absolute Gasteiger partial charge is 0.254 e. The zero-order valence-corrected chi connectivity index (χ0v) is 14.6. The van der Waals surface area contributed by atoms with Crippen molar-refractivity contribution in [3.8, 4) is 5.75 Å². The summed E-state index contributed by atoms with van der Waals surface area (Å²) in [5.41, 5.74) is 0.702. The molecule has 0 aliphatic carbocycles. The summed E-state index contributed by atoms with van der Waals surface area (Å²) in [4.78, 5) is 14.0. The molecule has 0 N–H and O–H groups in total. The molecule has 6 heteroatoms. The summed E-state index contributed by atoms with van der Waals surface area (Å²) in [5, 5.41) is 0. The van der Waals surface area contributed by atoms with Crippen LogP contribution in [0, 0.1) is 11.6 Å². The number of rotatable bonds is 6. The highest BCUT2D eigenvalue weighted by atomic mass is 19.1. The summed E-state index contributed by atoms with van der Waals surface area (Å²) in [6.07, 6.45) is 2.11. The van der Waals surface area contributed by atoms with Crippen molar-refractivity contribution < 1.29 is 23.0 Å². The fourth-order valence-corrected chi connectivity index (χ4v) is 2.88. The van der Waals surface area contributed by atoms with Crippen molar-refractivity contribution in [1.29, 1.82) is 0 Å². The molecule has 0 saturated carbocycles. The summed E-state index contributed by atoms with van der Waals surface area (Å²) in [6.45, 7) is 1.26. The summed E-state index contributed by atoms with van der Waals surface area (Å²) in [6, 6.07) is 10.2. The van der Waals surface area contributed by atoms with E-state index in [0.717, 1.165) is 25.5 Å². The van der Waals surface area contributed by atoms with Gasteiger partial charge in [0.15, 0.2) is 0 Å². The van der Waals surface area contributed by atoms with E-state index < -0.39 is 11.6 Å². The second-order valence-electron chi connectivity index (χ2n) is 6.37. The molecule has 1 amide bonds.